The highest BCUT2D eigenvalue weighted by atomic mass is 19.4. The van der Waals surface area contributed by atoms with Gasteiger partial charge in [-0.1, -0.05) is 18.2 Å². The molecule has 1 N–H and O–H groups in total. The van der Waals surface area contributed by atoms with Crippen molar-refractivity contribution < 1.29 is 36.2 Å². The number of hydrogen-bond acceptors (Lipinski definition) is 1. The van der Waals surface area contributed by atoms with E-state index in [9.17, 15) is 31.1 Å². The van der Waals surface area contributed by atoms with Crippen molar-refractivity contribution in [2.24, 2.45) is 11.3 Å². The van der Waals surface area contributed by atoms with E-state index in [1.807, 2.05) is 0 Å². The number of hydrogen-bond donors (Lipinski definition) is 1. The van der Waals surface area contributed by atoms with Gasteiger partial charge in [-0.15, -0.1) is 0 Å². The van der Waals surface area contributed by atoms with Crippen LogP contribution in [0.4, 0.5) is 31.1 Å². The summed E-state index contributed by atoms with van der Waals surface area (Å²) in [7, 11) is 0. The summed E-state index contributed by atoms with van der Waals surface area (Å²) in [5, 5.41) is 8.89. The van der Waals surface area contributed by atoms with E-state index >= 15 is 0 Å². The molecule has 9 heteroatoms. The number of benzene rings is 1. The number of alkyl halides is 5. The Morgan fingerprint density at radius 3 is 2.38 bits per heavy atom. The Bertz CT molecular complexity index is 750. The minimum atomic E-state index is -4.81. The maximum Gasteiger partial charge on any atom is 0.417 e. The molecule has 1 atom stereocenters. The third-order valence-electron chi connectivity index (χ3n) is 5.28. The third kappa shape index (κ3) is 2.93. The quantitative estimate of drug-likeness (QED) is 0.744. The van der Waals surface area contributed by atoms with Gasteiger partial charge in [-0.25, -0.2) is 18.0 Å². The summed E-state index contributed by atoms with van der Waals surface area (Å²) >= 11 is 0. The number of amides is 1. The number of piperidine rings is 1. The van der Waals surface area contributed by atoms with Crippen LogP contribution in [0.1, 0.15) is 24.0 Å². The normalized spacial score (nSPS) is 24.2. The fraction of sp³-hybridized carbons (Fsp3) is 0.471. The fourth-order valence-corrected chi connectivity index (χ4v) is 3.71. The SMILES string of the molecule is O=C(O)N1CCC2(CC1)C(/C=C/c1ccc(F)cc1C(F)(F)F)C2(F)F. The first-order valence-corrected chi connectivity index (χ1v) is 7.90. The molecule has 1 saturated heterocycles. The van der Waals surface area contributed by atoms with E-state index < -0.39 is 40.9 Å². The summed E-state index contributed by atoms with van der Waals surface area (Å²) in [5.41, 5.74) is -3.04. The average molecular weight is 379 g/mol. The van der Waals surface area contributed by atoms with Gasteiger partial charge in [0.2, 0.25) is 0 Å². The molecular formula is C17H15F6NO2. The number of carboxylic acid groups (broad SMARTS) is 1. The molecule has 1 heterocycles. The molecule has 26 heavy (non-hydrogen) atoms. The van der Waals surface area contributed by atoms with Crippen LogP contribution in [-0.2, 0) is 6.18 Å². The van der Waals surface area contributed by atoms with Crippen LogP contribution >= 0.6 is 0 Å². The van der Waals surface area contributed by atoms with E-state index in [1.54, 1.807) is 0 Å². The molecule has 3 nitrogen and oxygen atoms in total. The predicted octanol–water partition coefficient (Wildman–Crippen LogP) is 4.88. The highest BCUT2D eigenvalue weighted by molar-refractivity contribution is 5.65. The minimum absolute atomic E-state index is 0.0421. The van der Waals surface area contributed by atoms with Gasteiger partial charge in [-0.3, -0.25) is 0 Å². The Hall–Kier alpha value is -2.19. The molecule has 1 spiro atoms. The second kappa shape index (κ2) is 5.92. The van der Waals surface area contributed by atoms with E-state index in [2.05, 4.69) is 0 Å². The zero-order valence-electron chi connectivity index (χ0n) is 13.4. The highest BCUT2D eigenvalue weighted by Gasteiger charge is 2.78. The molecule has 1 aliphatic carbocycles. The van der Waals surface area contributed by atoms with E-state index in [1.165, 1.54) is 0 Å². The lowest BCUT2D eigenvalue weighted by Gasteiger charge is -2.30. The zero-order chi connectivity index (χ0) is 19.3. The van der Waals surface area contributed by atoms with E-state index in [0.717, 1.165) is 29.2 Å². The molecule has 2 aliphatic rings. The van der Waals surface area contributed by atoms with Gasteiger partial charge in [-0.05, 0) is 30.5 Å². The summed E-state index contributed by atoms with van der Waals surface area (Å²) < 4.78 is 80.6. The predicted molar refractivity (Wildman–Crippen MR) is 80.1 cm³/mol. The van der Waals surface area contributed by atoms with Crippen molar-refractivity contribution in [3.63, 3.8) is 0 Å². The van der Waals surface area contributed by atoms with Crippen molar-refractivity contribution in [1.82, 2.24) is 4.90 Å². The van der Waals surface area contributed by atoms with Crippen molar-refractivity contribution in [3.8, 4) is 0 Å². The van der Waals surface area contributed by atoms with Crippen LogP contribution < -0.4 is 0 Å². The topological polar surface area (TPSA) is 40.5 Å². The largest absolute Gasteiger partial charge is 0.465 e. The zero-order valence-corrected chi connectivity index (χ0v) is 13.4. The summed E-state index contributed by atoms with van der Waals surface area (Å²) in [6.07, 6.45) is -4.14. The lowest BCUT2D eigenvalue weighted by atomic mass is 9.90. The first kappa shape index (κ1) is 18.6. The molecule has 1 aromatic rings. The van der Waals surface area contributed by atoms with Crippen molar-refractivity contribution in [1.29, 1.82) is 0 Å². The summed E-state index contributed by atoms with van der Waals surface area (Å²) in [5.74, 6) is -5.44. The molecule has 1 aliphatic heterocycles. The molecule has 0 bridgehead atoms. The maximum absolute atomic E-state index is 14.3. The molecule has 3 rings (SSSR count). The first-order valence-electron chi connectivity index (χ1n) is 7.90. The Labute approximate surface area is 144 Å². The molecule has 2 fully saturated rings. The summed E-state index contributed by atoms with van der Waals surface area (Å²) in [6.45, 7) is -0.0841. The van der Waals surface area contributed by atoms with Crippen LogP contribution in [0.5, 0.6) is 0 Å². The van der Waals surface area contributed by atoms with Crippen LogP contribution in [0.15, 0.2) is 24.3 Å². The Morgan fingerprint density at radius 2 is 1.85 bits per heavy atom. The number of rotatable bonds is 2. The van der Waals surface area contributed by atoms with Gasteiger partial charge in [0.05, 0.1) is 16.9 Å². The number of likely N-dealkylation sites (tertiary alicyclic amines) is 1. The standard InChI is InChI=1S/C17H15F6NO2/c18-11-3-1-10(12(9-11)17(21,22)23)2-4-13-15(16(13,19)20)5-7-24(8-6-15)14(25)26/h1-4,9,13H,5-8H2,(H,25,26)/b4-2+. The van der Waals surface area contributed by atoms with Crippen LogP contribution in [0, 0.1) is 17.2 Å². The first-order chi connectivity index (χ1) is 12.0. The van der Waals surface area contributed by atoms with Crippen LogP contribution in [0.3, 0.4) is 0 Å². The average Bonchev–Trinajstić information content (AvgIpc) is 2.99. The second-order valence-electron chi connectivity index (χ2n) is 6.61. The number of halogens is 6. The number of carbonyl (C=O) groups is 1. The van der Waals surface area contributed by atoms with Crippen LogP contribution in [0.25, 0.3) is 6.08 Å². The summed E-state index contributed by atoms with van der Waals surface area (Å²) in [6, 6.07) is 2.06. The van der Waals surface area contributed by atoms with Crippen LogP contribution in [0.2, 0.25) is 0 Å². The van der Waals surface area contributed by atoms with Crippen molar-refractivity contribution in [2.75, 3.05) is 13.1 Å². The van der Waals surface area contributed by atoms with E-state index in [0.29, 0.717) is 6.07 Å². The van der Waals surface area contributed by atoms with Crippen molar-refractivity contribution in [2.45, 2.75) is 24.9 Å². The lowest BCUT2D eigenvalue weighted by Crippen LogP contribution is -2.39. The van der Waals surface area contributed by atoms with Gasteiger partial charge in [0, 0.05) is 13.1 Å². The molecule has 1 amide bonds. The Kier molecular flexibility index (Phi) is 4.23. The Balaban J connectivity index is 1.81. The molecule has 1 saturated carbocycles. The molecule has 1 unspecified atom stereocenters. The molecule has 0 radical (unpaired) electrons. The van der Waals surface area contributed by atoms with Gasteiger partial charge < -0.3 is 10.0 Å². The van der Waals surface area contributed by atoms with Crippen molar-refractivity contribution in [3.05, 3.63) is 41.2 Å². The Morgan fingerprint density at radius 1 is 1.23 bits per heavy atom. The molecular weight excluding hydrogens is 364 g/mol. The fourth-order valence-electron chi connectivity index (χ4n) is 3.71. The maximum atomic E-state index is 14.3. The number of allylic oxidation sites excluding steroid dienone is 1. The summed E-state index contributed by atoms with van der Waals surface area (Å²) in [4.78, 5) is 11.9. The molecule has 0 aromatic heterocycles. The van der Waals surface area contributed by atoms with Gasteiger partial charge in [0.1, 0.15) is 5.82 Å². The van der Waals surface area contributed by atoms with E-state index in [4.69, 9.17) is 5.11 Å². The smallest absolute Gasteiger partial charge is 0.417 e. The van der Waals surface area contributed by atoms with Crippen LogP contribution in [-0.4, -0.2) is 35.1 Å². The van der Waals surface area contributed by atoms with Gasteiger partial charge in [0.25, 0.3) is 5.92 Å². The molecule has 1 aromatic carbocycles. The second-order valence-corrected chi connectivity index (χ2v) is 6.61. The van der Waals surface area contributed by atoms with Gasteiger partial charge >= 0.3 is 12.3 Å². The van der Waals surface area contributed by atoms with E-state index in [-0.39, 0.29) is 31.5 Å². The molecule has 142 valence electrons. The highest BCUT2D eigenvalue weighted by Crippen LogP contribution is 2.71. The van der Waals surface area contributed by atoms with Gasteiger partial charge in [0.15, 0.2) is 0 Å². The minimum Gasteiger partial charge on any atom is -0.465 e. The monoisotopic (exact) mass is 379 g/mol. The third-order valence-corrected chi connectivity index (χ3v) is 5.28. The van der Waals surface area contributed by atoms with Gasteiger partial charge in [-0.2, -0.15) is 13.2 Å². The lowest BCUT2D eigenvalue weighted by molar-refractivity contribution is -0.137. The van der Waals surface area contributed by atoms with Crippen molar-refractivity contribution >= 4 is 12.2 Å². The number of nitrogens with zero attached hydrogens (tertiary/aromatic N) is 1.